The highest BCUT2D eigenvalue weighted by molar-refractivity contribution is 9.10. The van der Waals surface area contributed by atoms with Gasteiger partial charge in [0.05, 0.1) is 29.0 Å². The Morgan fingerprint density at radius 1 is 1.20 bits per heavy atom. The van der Waals surface area contributed by atoms with E-state index in [2.05, 4.69) is 40.9 Å². The molecule has 3 atom stereocenters. The second-order valence-electron chi connectivity index (χ2n) is 8.67. The molecule has 14 heteroatoms. The summed E-state index contributed by atoms with van der Waals surface area (Å²) in [4.78, 5) is 41.1. The number of nitrogens with one attached hydrogen (secondary N) is 1. The lowest BCUT2D eigenvalue weighted by Crippen LogP contribution is -2.47. The number of likely N-dealkylation sites (tertiary alicyclic amines) is 1. The van der Waals surface area contributed by atoms with Crippen LogP contribution in [0.2, 0.25) is 0 Å². The van der Waals surface area contributed by atoms with Gasteiger partial charge in [-0.3, -0.25) is 14.6 Å². The number of carbonyl (C=O) groups excluding carboxylic acids is 2. The van der Waals surface area contributed by atoms with Crippen LogP contribution in [0.15, 0.2) is 27.0 Å². The zero-order chi connectivity index (χ0) is 25.2. The standard InChI is InChI=1S/C21H25BrF3N7O3/c1-12(29-15-10-28-30-18(33)17(15)21(23,24)25)11-35-16-4-7-32(19(16)34)14-2-5-31(6-3-14)20-26-8-13(22)9-27-20/h8-10,12,14,16-17H,2-7,11H2,1H3,(H,30,33)/t12-,16+,17?/m0/s1. The summed E-state index contributed by atoms with van der Waals surface area (Å²) in [5, 5.41) is 3.43. The highest BCUT2D eigenvalue weighted by Gasteiger charge is 2.49. The Kier molecular flexibility index (Phi) is 7.69. The molecular formula is C21H25BrF3N7O3. The molecule has 0 aliphatic carbocycles. The van der Waals surface area contributed by atoms with Gasteiger partial charge in [-0.25, -0.2) is 15.4 Å². The Bertz CT molecular complexity index is 997. The highest BCUT2D eigenvalue weighted by Crippen LogP contribution is 2.29. The average molecular weight is 560 g/mol. The quantitative estimate of drug-likeness (QED) is 0.570. The maximum absolute atomic E-state index is 13.2. The summed E-state index contributed by atoms with van der Waals surface area (Å²) < 4.78 is 46.2. The number of amides is 2. The Labute approximate surface area is 208 Å². The average Bonchev–Trinajstić information content (AvgIpc) is 3.18. The summed E-state index contributed by atoms with van der Waals surface area (Å²) in [5.74, 6) is -3.11. The summed E-state index contributed by atoms with van der Waals surface area (Å²) in [6.45, 7) is 3.54. The molecular weight excluding hydrogens is 535 g/mol. The van der Waals surface area contributed by atoms with Crippen molar-refractivity contribution >= 4 is 45.6 Å². The zero-order valence-corrected chi connectivity index (χ0v) is 20.5. The molecule has 1 aromatic rings. The molecule has 0 radical (unpaired) electrons. The number of ether oxygens (including phenoxy) is 1. The molecule has 0 aromatic carbocycles. The lowest BCUT2D eigenvalue weighted by Gasteiger charge is -2.36. The van der Waals surface area contributed by atoms with Crippen LogP contribution in [0.5, 0.6) is 0 Å². The van der Waals surface area contributed by atoms with Crippen LogP contribution in [0.3, 0.4) is 0 Å². The van der Waals surface area contributed by atoms with Gasteiger partial charge < -0.3 is 14.5 Å². The fourth-order valence-corrected chi connectivity index (χ4v) is 4.65. The number of nitrogens with zero attached hydrogens (tertiary/aromatic N) is 6. The number of hydrogen-bond acceptors (Lipinski definition) is 8. The van der Waals surface area contributed by atoms with Gasteiger partial charge in [0.2, 0.25) is 5.95 Å². The Morgan fingerprint density at radius 3 is 2.54 bits per heavy atom. The van der Waals surface area contributed by atoms with Gasteiger partial charge in [0, 0.05) is 44.5 Å². The van der Waals surface area contributed by atoms with Crippen molar-refractivity contribution in [2.24, 2.45) is 16.0 Å². The van der Waals surface area contributed by atoms with Crippen LogP contribution in [0, 0.1) is 5.92 Å². The lowest BCUT2D eigenvalue weighted by atomic mass is 10.0. The SMILES string of the molecule is C[C@@H](CO[C@@H]1CCN(C2CCN(c3ncc(Br)cn3)CC2)C1=O)N=C1C=NNC(=O)C1C(F)(F)F. The number of alkyl halides is 3. The number of carbonyl (C=O) groups is 2. The molecule has 3 aliphatic rings. The molecule has 0 spiro atoms. The minimum Gasteiger partial charge on any atom is -0.366 e. The van der Waals surface area contributed by atoms with Crippen LogP contribution < -0.4 is 10.3 Å². The van der Waals surface area contributed by atoms with Crippen molar-refractivity contribution in [3.8, 4) is 0 Å². The van der Waals surface area contributed by atoms with E-state index in [9.17, 15) is 22.8 Å². The van der Waals surface area contributed by atoms with Crippen molar-refractivity contribution in [3.05, 3.63) is 16.9 Å². The molecule has 0 saturated carbocycles. The first-order valence-electron chi connectivity index (χ1n) is 11.3. The maximum atomic E-state index is 13.2. The van der Waals surface area contributed by atoms with Crippen LogP contribution in [-0.2, 0) is 14.3 Å². The van der Waals surface area contributed by atoms with E-state index in [0.717, 1.165) is 36.6 Å². The second-order valence-corrected chi connectivity index (χ2v) is 9.59. The van der Waals surface area contributed by atoms with E-state index in [-0.39, 0.29) is 18.6 Å². The minimum atomic E-state index is -4.78. The molecule has 10 nitrogen and oxygen atoms in total. The van der Waals surface area contributed by atoms with Crippen molar-refractivity contribution in [1.82, 2.24) is 20.3 Å². The van der Waals surface area contributed by atoms with E-state index in [1.165, 1.54) is 0 Å². The maximum Gasteiger partial charge on any atom is 0.406 e. The van der Waals surface area contributed by atoms with Crippen LogP contribution in [-0.4, -0.2) is 89.2 Å². The number of anilines is 1. The molecule has 0 bridgehead atoms. The van der Waals surface area contributed by atoms with Crippen LogP contribution in [0.25, 0.3) is 0 Å². The predicted octanol–water partition coefficient (Wildman–Crippen LogP) is 1.95. The van der Waals surface area contributed by atoms with Crippen molar-refractivity contribution in [3.63, 3.8) is 0 Å². The third-order valence-electron chi connectivity index (χ3n) is 6.15. The van der Waals surface area contributed by atoms with Gasteiger partial charge in [-0.2, -0.15) is 18.3 Å². The van der Waals surface area contributed by atoms with Gasteiger partial charge in [0.25, 0.3) is 11.8 Å². The molecule has 2 fully saturated rings. The van der Waals surface area contributed by atoms with Crippen molar-refractivity contribution in [2.75, 3.05) is 31.1 Å². The van der Waals surface area contributed by atoms with Gasteiger partial charge in [-0.05, 0) is 35.7 Å². The topological polar surface area (TPSA) is 112 Å². The van der Waals surface area contributed by atoms with Gasteiger partial charge in [0.1, 0.15) is 6.10 Å². The predicted molar refractivity (Wildman–Crippen MR) is 124 cm³/mol. The van der Waals surface area contributed by atoms with E-state index in [1.807, 2.05) is 10.3 Å². The number of rotatable bonds is 6. The van der Waals surface area contributed by atoms with Crippen LogP contribution in [0.4, 0.5) is 19.1 Å². The summed E-state index contributed by atoms with van der Waals surface area (Å²) in [6, 6.07) is -0.604. The second kappa shape index (κ2) is 10.6. The first kappa shape index (κ1) is 25.5. The van der Waals surface area contributed by atoms with Crippen LogP contribution in [0.1, 0.15) is 26.2 Å². The van der Waals surface area contributed by atoms with E-state index in [1.54, 1.807) is 19.3 Å². The molecule has 2 saturated heterocycles. The molecule has 35 heavy (non-hydrogen) atoms. The summed E-state index contributed by atoms with van der Waals surface area (Å²) in [6.07, 6.45) is 0.919. The van der Waals surface area contributed by atoms with E-state index in [0.29, 0.717) is 18.9 Å². The number of aromatic nitrogens is 2. The smallest absolute Gasteiger partial charge is 0.366 e. The van der Waals surface area contributed by atoms with Gasteiger partial charge in [-0.15, -0.1) is 0 Å². The minimum absolute atomic E-state index is 0.0485. The normalized spacial score (nSPS) is 25.9. The summed E-state index contributed by atoms with van der Waals surface area (Å²) in [7, 11) is 0. The lowest BCUT2D eigenvalue weighted by molar-refractivity contribution is -0.168. The fourth-order valence-electron chi connectivity index (χ4n) is 4.45. The third kappa shape index (κ3) is 5.97. The van der Waals surface area contributed by atoms with Crippen LogP contribution >= 0.6 is 15.9 Å². The van der Waals surface area contributed by atoms with Gasteiger partial charge in [-0.1, -0.05) is 0 Å². The van der Waals surface area contributed by atoms with E-state index in [4.69, 9.17) is 4.74 Å². The number of hydrogen-bond donors (Lipinski definition) is 1. The van der Waals surface area contributed by atoms with Gasteiger partial charge in [0.15, 0.2) is 5.92 Å². The summed E-state index contributed by atoms with van der Waals surface area (Å²) in [5.41, 5.74) is 1.34. The van der Waals surface area contributed by atoms with Gasteiger partial charge >= 0.3 is 6.18 Å². The molecule has 1 aromatic heterocycles. The third-order valence-corrected chi connectivity index (χ3v) is 6.56. The summed E-state index contributed by atoms with van der Waals surface area (Å²) >= 11 is 3.32. The molecule has 1 N–H and O–H groups in total. The zero-order valence-electron chi connectivity index (χ0n) is 18.9. The molecule has 1 unspecified atom stereocenters. The Morgan fingerprint density at radius 2 is 1.89 bits per heavy atom. The monoisotopic (exact) mass is 559 g/mol. The number of aliphatic imine (C=N–C) groups is 1. The van der Waals surface area contributed by atoms with E-state index >= 15 is 0 Å². The Hall–Kier alpha value is -2.61. The molecule has 4 rings (SSSR count). The molecule has 4 heterocycles. The first-order chi connectivity index (χ1) is 16.6. The largest absolute Gasteiger partial charge is 0.406 e. The number of halogens is 4. The van der Waals surface area contributed by atoms with Crippen molar-refractivity contribution in [1.29, 1.82) is 0 Å². The molecule has 2 amide bonds. The Balaban J connectivity index is 1.28. The molecule has 190 valence electrons. The fraction of sp³-hybridized carbons (Fsp3) is 0.619. The number of piperidine rings is 1. The first-order valence-corrected chi connectivity index (χ1v) is 12.0. The number of hydrazone groups is 1. The van der Waals surface area contributed by atoms with Crippen molar-refractivity contribution < 1.29 is 27.5 Å². The highest BCUT2D eigenvalue weighted by atomic mass is 79.9. The van der Waals surface area contributed by atoms with E-state index < -0.39 is 35.9 Å². The molecule has 3 aliphatic heterocycles. The van der Waals surface area contributed by atoms with Crippen molar-refractivity contribution in [2.45, 2.75) is 50.6 Å².